The predicted molar refractivity (Wildman–Crippen MR) is 63.1 cm³/mol. The molecule has 9 heteroatoms. The van der Waals surface area contributed by atoms with Gasteiger partial charge in [0.1, 0.15) is 0 Å². The van der Waals surface area contributed by atoms with Gasteiger partial charge in [-0.05, 0) is 6.07 Å². The Balaban J connectivity index is 0.000000423. The largest absolute Gasteiger partial charge is 0.308 e. The molecule has 0 saturated carbocycles. The molecule has 1 rings (SSSR count). The minimum Gasteiger partial charge on any atom is -0.188 e. The molecule has 0 atom stereocenters. The number of hydrogen-bond acceptors (Lipinski definition) is 3. The average molecular weight is 329 g/mol. The zero-order valence-corrected chi connectivity index (χ0v) is 11.3. The Hall–Kier alpha value is 0.290. The van der Waals surface area contributed by atoms with Crippen molar-refractivity contribution in [3.05, 3.63) is 31.2 Å². The summed E-state index contributed by atoms with van der Waals surface area (Å²) >= 11 is 28.2. The summed E-state index contributed by atoms with van der Waals surface area (Å²) in [6.45, 7) is 0. The highest BCUT2D eigenvalue weighted by Crippen LogP contribution is 2.40. The maximum Gasteiger partial charge on any atom is 0.308 e. The van der Waals surface area contributed by atoms with Gasteiger partial charge < -0.3 is 0 Å². The molecular formula is C6H2Cl5NO2S. The Labute approximate surface area is 112 Å². The molecule has 0 aliphatic carbocycles. The molecule has 0 aromatic heterocycles. The monoisotopic (exact) mass is 327 g/mol. The number of benzene rings is 1. The summed E-state index contributed by atoms with van der Waals surface area (Å²) < 4.78 is 22.8. The van der Waals surface area contributed by atoms with Crippen LogP contribution in [0.3, 0.4) is 0 Å². The van der Waals surface area contributed by atoms with Gasteiger partial charge in [-0.2, -0.15) is 13.2 Å². The van der Waals surface area contributed by atoms with Gasteiger partial charge in [0, 0.05) is 0 Å². The maximum absolute atomic E-state index is 8.67. The molecule has 0 aliphatic rings. The molecule has 3 nitrogen and oxygen atoms in total. The Morgan fingerprint density at radius 3 is 1.40 bits per heavy atom. The van der Waals surface area contributed by atoms with Crippen molar-refractivity contribution in [2.75, 3.05) is 0 Å². The fourth-order valence-corrected chi connectivity index (χ4v) is 1.65. The van der Waals surface area contributed by atoms with Crippen molar-refractivity contribution < 1.29 is 8.42 Å². The number of hydrogen-bond donors (Lipinski definition) is 1. The number of nitrogens with one attached hydrogen (secondary N) is 1. The van der Waals surface area contributed by atoms with Crippen LogP contribution in [0.25, 0.3) is 0 Å². The van der Waals surface area contributed by atoms with Crippen LogP contribution in [0, 0.1) is 4.78 Å². The fourth-order valence-electron chi connectivity index (χ4n) is 0.544. The highest BCUT2D eigenvalue weighted by molar-refractivity contribution is 7.60. The molecule has 0 aliphatic heterocycles. The quantitative estimate of drug-likeness (QED) is 0.559. The lowest BCUT2D eigenvalue weighted by atomic mass is 10.3. The second-order valence-electron chi connectivity index (χ2n) is 2.02. The first-order chi connectivity index (χ1) is 6.77. The van der Waals surface area contributed by atoms with Gasteiger partial charge in [0.05, 0.1) is 25.1 Å². The molecule has 0 spiro atoms. The molecule has 15 heavy (non-hydrogen) atoms. The Bertz CT molecular complexity index is 439. The Morgan fingerprint density at radius 1 is 0.867 bits per heavy atom. The molecule has 84 valence electrons. The van der Waals surface area contributed by atoms with Crippen LogP contribution in [-0.4, -0.2) is 8.42 Å². The van der Waals surface area contributed by atoms with E-state index in [0.29, 0.717) is 10.0 Å². The van der Waals surface area contributed by atoms with Crippen molar-refractivity contribution in [1.82, 2.24) is 0 Å². The van der Waals surface area contributed by atoms with E-state index in [-0.39, 0.29) is 15.1 Å². The normalized spacial score (nSPS) is 9.13. The molecular weight excluding hydrogens is 327 g/mol. The van der Waals surface area contributed by atoms with Crippen LogP contribution in [0.15, 0.2) is 6.07 Å². The highest BCUT2D eigenvalue weighted by atomic mass is 35.5. The van der Waals surface area contributed by atoms with Crippen LogP contribution in [0.2, 0.25) is 25.1 Å². The maximum atomic E-state index is 8.67. The van der Waals surface area contributed by atoms with Crippen molar-refractivity contribution in [1.29, 1.82) is 4.78 Å². The van der Waals surface area contributed by atoms with Crippen molar-refractivity contribution >= 4 is 68.5 Å². The van der Waals surface area contributed by atoms with Crippen molar-refractivity contribution in [3.63, 3.8) is 0 Å². The first-order valence-electron chi connectivity index (χ1n) is 3.06. The molecule has 1 aromatic rings. The van der Waals surface area contributed by atoms with E-state index >= 15 is 0 Å². The van der Waals surface area contributed by atoms with E-state index in [0.717, 1.165) is 0 Å². The molecule has 1 N–H and O–H groups in total. The lowest BCUT2D eigenvalue weighted by molar-refractivity contribution is 0.620. The van der Waals surface area contributed by atoms with E-state index in [2.05, 4.69) is 0 Å². The van der Waals surface area contributed by atoms with Crippen LogP contribution in [0.1, 0.15) is 0 Å². The van der Waals surface area contributed by atoms with Gasteiger partial charge in [0.25, 0.3) is 0 Å². The molecule has 0 unspecified atom stereocenters. The summed E-state index contributed by atoms with van der Waals surface area (Å²) in [4.78, 5) is 0. The van der Waals surface area contributed by atoms with E-state index in [1.807, 2.05) is 0 Å². The third kappa shape index (κ3) is 5.24. The van der Waals surface area contributed by atoms with Gasteiger partial charge >= 0.3 is 10.5 Å². The van der Waals surface area contributed by atoms with Crippen LogP contribution in [-0.2, 0) is 10.5 Å². The number of halogens is 5. The minimum absolute atomic E-state index is 0.186. The second kappa shape index (κ2) is 6.78. The zero-order chi connectivity index (χ0) is 12.2. The molecule has 0 radical (unpaired) electrons. The van der Waals surface area contributed by atoms with E-state index in [1.165, 1.54) is 6.07 Å². The van der Waals surface area contributed by atoms with Crippen molar-refractivity contribution in [2.24, 2.45) is 0 Å². The van der Waals surface area contributed by atoms with E-state index in [9.17, 15) is 0 Å². The summed E-state index contributed by atoms with van der Waals surface area (Å²) in [5, 5.41) is 1.23. The molecule has 0 fully saturated rings. The molecule has 0 saturated heterocycles. The lowest BCUT2D eigenvalue weighted by Gasteiger charge is -2.02. The molecule has 0 bridgehead atoms. The second-order valence-corrected chi connectivity index (χ2v) is 4.43. The molecule has 0 amide bonds. The van der Waals surface area contributed by atoms with Gasteiger partial charge in [0.2, 0.25) is 0 Å². The SMILES string of the molecule is Clc1cc(Cl)c(Cl)c(Cl)c1Cl.N=S(=O)=O. The van der Waals surface area contributed by atoms with E-state index in [1.54, 1.807) is 0 Å². The van der Waals surface area contributed by atoms with Gasteiger partial charge in [-0.1, -0.05) is 58.0 Å². The fraction of sp³-hybridized carbons (Fsp3) is 0. The first-order valence-corrected chi connectivity index (χ1v) is 6.02. The average Bonchev–Trinajstić information content (AvgIpc) is 2.11. The summed E-state index contributed by atoms with van der Waals surface area (Å²) in [6, 6.07) is 1.44. The standard InChI is InChI=1S/C6HCl5.HNO2S/c7-2-1-3(8)5(10)6(11)4(2)9;1-4(2)3/h1H;1H. The van der Waals surface area contributed by atoms with Crippen LogP contribution in [0.4, 0.5) is 0 Å². The smallest absolute Gasteiger partial charge is 0.188 e. The van der Waals surface area contributed by atoms with Gasteiger partial charge in [-0.15, -0.1) is 0 Å². The number of rotatable bonds is 0. The van der Waals surface area contributed by atoms with Crippen LogP contribution >= 0.6 is 58.0 Å². The van der Waals surface area contributed by atoms with Crippen LogP contribution in [0.5, 0.6) is 0 Å². The Morgan fingerprint density at radius 2 is 1.13 bits per heavy atom. The Kier molecular flexibility index (Phi) is 6.91. The third-order valence-corrected chi connectivity index (χ3v) is 3.20. The minimum atomic E-state index is -2.61. The van der Waals surface area contributed by atoms with Crippen molar-refractivity contribution in [3.8, 4) is 0 Å². The molecule has 0 heterocycles. The summed E-state index contributed by atoms with van der Waals surface area (Å²) in [5.41, 5.74) is 0. The van der Waals surface area contributed by atoms with E-state index < -0.39 is 10.5 Å². The molecule has 1 aromatic carbocycles. The topological polar surface area (TPSA) is 58.0 Å². The van der Waals surface area contributed by atoms with E-state index in [4.69, 9.17) is 71.2 Å². The summed E-state index contributed by atoms with van der Waals surface area (Å²) in [6.07, 6.45) is 0. The lowest BCUT2D eigenvalue weighted by Crippen LogP contribution is -1.75. The van der Waals surface area contributed by atoms with Gasteiger partial charge in [-0.25, -0.2) is 0 Å². The summed E-state index contributed by atoms with van der Waals surface area (Å²) in [5.74, 6) is 0. The van der Waals surface area contributed by atoms with Gasteiger partial charge in [-0.3, -0.25) is 0 Å². The van der Waals surface area contributed by atoms with Crippen LogP contribution < -0.4 is 0 Å². The zero-order valence-electron chi connectivity index (χ0n) is 6.69. The van der Waals surface area contributed by atoms with Crippen molar-refractivity contribution in [2.45, 2.75) is 0 Å². The summed E-state index contributed by atoms with van der Waals surface area (Å²) in [7, 11) is -2.61. The van der Waals surface area contributed by atoms with Gasteiger partial charge in [0.15, 0.2) is 0 Å². The highest BCUT2D eigenvalue weighted by Gasteiger charge is 2.10. The third-order valence-electron chi connectivity index (χ3n) is 1.06. The first kappa shape index (κ1) is 15.3. The predicted octanol–water partition coefficient (Wildman–Crippen LogP) is 4.58.